The number of hydrogen-bond donors (Lipinski definition) is 1. The Hall–Kier alpha value is -0.810. The first-order chi connectivity index (χ1) is 8.86. The van der Waals surface area contributed by atoms with Crippen LogP contribution >= 0.6 is 0 Å². The molecule has 2 heterocycles. The Labute approximate surface area is 109 Å². The molecule has 0 aromatic heterocycles. The van der Waals surface area contributed by atoms with Crippen LogP contribution in [-0.4, -0.2) is 56.4 Å². The van der Waals surface area contributed by atoms with E-state index in [1.165, 1.54) is 19.3 Å². The molecule has 1 unspecified atom stereocenters. The van der Waals surface area contributed by atoms with Crippen molar-refractivity contribution < 1.29 is 9.47 Å². The van der Waals surface area contributed by atoms with Crippen molar-refractivity contribution >= 4 is 5.96 Å². The summed E-state index contributed by atoms with van der Waals surface area (Å²) in [5.41, 5.74) is 5.96. The zero-order valence-electron chi connectivity index (χ0n) is 11.1. The zero-order chi connectivity index (χ0) is 12.6. The Morgan fingerprint density at radius 2 is 2.06 bits per heavy atom. The molecule has 5 heteroatoms. The van der Waals surface area contributed by atoms with Crippen molar-refractivity contribution in [1.82, 2.24) is 4.90 Å². The van der Waals surface area contributed by atoms with E-state index in [2.05, 4.69) is 9.89 Å². The number of rotatable bonds is 4. The molecule has 0 bridgehead atoms. The lowest BCUT2D eigenvalue weighted by molar-refractivity contribution is 0.0105. The van der Waals surface area contributed by atoms with Gasteiger partial charge in [0.15, 0.2) is 5.96 Å². The van der Waals surface area contributed by atoms with E-state index in [-0.39, 0.29) is 0 Å². The van der Waals surface area contributed by atoms with Gasteiger partial charge in [0.1, 0.15) is 0 Å². The second-order valence-electron chi connectivity index (χ2n) is 4.97. The third-order valence-electron chi connectivity index (χ3n) is 3.57. The summed E-state index contributed by atoms with van der Waals surface area (Å²) >= 11 is 0. The Morgan fingerprint density at radius 3 is 2.78 bits per heavy atom. The molecule has 104 valence electrons. The molecular weight excluding hydrogens is 230 g/mol. The molecule has 18 heavy (non-hydrogen) atoms. The summed E-state index contributed by atoms with van der Waals surface area (Å²) in [6.45, 7) is 4.98. The second-order valence-corrected chi connectivity index (χ2v) is 4.97. The van der Waals surface area contributed by atoms with E-state index in [1.54, 1.807) is 0 Å². The van der Waals surface area contributed by atoms with Crippen LogP contribution in [0.2, 0.25) is 0 Å². The van der Waals surface area contributed by atoms with Gasteiger partial charge in [-0.3, -0.25) is 4.99 Å². The topological polar surface area (TPSA) is 60.1 Å². The molecule has 2 aliphatic heterocycles. The number of hydrogen-bond acceptors (Lipinski definition) is 3. The highest BCUT2D eigenvalue weighted by Crippen LogP contribution is 2.16. The first-order valence-corrected chi connectivity index (χ1v) is 7.10. The molecule has 0 aliphatic carbocycles. The maximum Gasteiger partial charge on any atom is 0.191 e. The van der Waals surface area contributed by atoms with Crippen molar-refractivity contribution in [2.24, 2.45) is 10.7 Å². The molecule has 2 N–H and O–H groups in total. The molecule has 0 aromatic rings. The van der Waals surface area contributed by atoms with Gasteiger partial charge in [0, 0.05) is 26.2 Å². The lowest BCUT2D eigenvalue weighted by atomic mass is 10.1. The molecule has 0 spiro atoms. The van der Waals surface area contributed by atoms with Crippen LogP contribution in [0.4, 0.5) is 0 Å². The molecule has 2 saturated heterocycles. The van der Waals surface area contributed by atoms with Crippen LogP contribution in [0.25, 0.3) is 0 Å². The predicted octanol–water partition coefficient (Wildman–Crippen LogP) is 0.983. The molecule has 2 fully saturated rings. The Bertz CT molecular complexity index is 259. The van der Waals surface area contributed by atoms with Gasteiger partial charge in [0.05, 0.1) is 19.3 Å². The van der Waals surface area contributed by atoms with Crippen LogP contribution in [0.3, 0.4) is 0 Å². The van der Waals surface area contributed by atoms with Gasteiger partial charge < -0.3 is 20.1 Å². The Balaban J connectivity index is 1.60. The summed E-state index contributed by atoms with van der Waals surface area (Å²) in [6.07, 6.45) is 6.37. The minimum atomic E-state index is 0.457. The van der Waals surface area contributed by atoms with Gasteiger partial charge >= 0.3 is 0 Å². The third kappa shape index (κ3) is 4.46. The molecule has 0 amide bonds. The van der Waals surface area contributed by atoms with Crippen molar-refractivity contribution in [1.29, 1.82) is 0 Å². The van der Waals surface area contributed by atoms with Crippen molar-refractivity contribution in [3.8, 4) is 0 Å². The summed E-state index contributed by atoms with van der Waals surface area (Å²) < 4.78 is 11.0. The van der Waals surface area contributed by atoms with E-state index in [9.17, 15) is 0 Å². The Morgan fingerprint density at radius 1 is 1.22 bits per heavy atom. The minimum Gasteiger partial charge on any atom is -0.378 e. The van der Waals surface area contributed by atoms with Crippen molar-refractivity contribution in [3.05, 3.63) is 0 Å². The molecule has 0 radical (unpaired) electrons. The summed E-state index contributed by atoms with van der Waals surface area (Å²) in [5.74, 6) is 0.669. The molecule has 5 nitrogen and oxygen atoms in total. The number of guanidine groups is 1. The van der Waals surface area contributed by atoms with Gasteiger partial charge in [-0.2, -0.15) is 0 Å². The van der Waals surface area contributed by atoms with Crippen LogP contribution < -0.4 is 5.73 Å². The van der Waals surface area contributed by atoms with Gasteiger partial charge in [-0.25, -0.2) is 0 Å². The lowest BCUT2D eigenvalue weighted by Gasteiger charge is -2.27. The zero-order valence-corrected chi connectivity index (χ0v) is 11.1. The Kier molecular flexibility index (Phi) is 5.74. The van der Waals surface area contributed by atoms with Crippen LogP contribution in [0.1, 0.15) is 32.1 Å². The first kappa shape index (κ1) is 13.6. The first-order valence-electron chi connectivity index (χ1n) is 7.10. The number of aliphatic imine (C=N–C) groups is 1. The summed E-state index contributed by atoms with van der Waals surface area (Å²) in [7, 11) is 0. The van der Waals surface area contributed by atoms with E-state index in [0.717, 1.165) is 52.3 Å². The summed E-state index contributed by atoms with van der Waals surface area (Å²) in [6, 6.07) is 0. The second kappa shape index (κ2) is 7.59. The lowest BCUT2D eigenvalue weighted by Crippen LogP contribution is -2.44. The highest BCUT2D eigenvalue weighted by Gasteiger charge is 2.14. The predicted molar refractivity (Wildman–Crippen MR) is 71.7 cm³/mol. The van der Waals surface area contributed by atoms with Gasteiger partial charge in [-0.05, 0) is 32.1 Å². The smallest absolute Gasteiger partial charge is 0.191 e. The largest absolute Gasteiger partial charge is 0.378 e. The maximum atomic E-state index is 5.96. The van der Waals surface area contributed by atoms with E-state index < -0.39 is 0 Å². The standard InChI is InChI=1S/C13H25N3O2/c14-13(16-7-10-17-11-8-16)15-6-3-5-12-4-1-2-9-18-12/h12H,1-11H2,(H2,14,15). The molecule has 0 aromatic carbocycles. The number of ether oxygens (including phenoxy) is 2. The highest BCUT2D eigenvalue weighted by molar-refractivity contribution is 5.78. The molecule has 1 atom stereocenters. The fourth-order valence-corrected chi connectivity index (χ4v) is 2.44. The molecular formula is C13H25N3O2. The van der Waals surface area contributed by atoms with Gasteiger partial charge in [-0.15, -0.1) is 0 Å². The van der Waals surface area contributed by atoms with E-state index in [0.29, 0.717) is 12.1 Å². The number of nitrogens with two attached hydrogens (primary N) is 1. The number of morpholine rings is 1. The summed E-state index contributed by atoms with van der Waals surface area (Å²) in [4.78, 5) is 6.54. The highest BCUT2D eigenvalue weighted by atomic mass is 16.5. The SMILES string of the molecule is NC(=NCCCC1CCCCO1)N1CCOCC1. The molecule has 2 rings (SSSR count). The van der Waals surface area contributed by atoms with Crippen LogP contribution in [0.15, 0.2) is 4.99 Å². The van der Waals surface area contributed by atoms with Crippen molar-refractivity contribution in [2.45, 2.75) is 38.2 Å². The van der Waals surface area contributed by atoms with E-state index >= 15 is 0 Å². The average molecular weight is 255 g/mol. The van der Waals surface area contributed by atoms with Crippen LogP contribution in [0, 0.1) is 0 Å². The quantitative estimate of drug-likeness (QED) is 0.462. The fourth-order valence-electron chi connectivity index (χ4n) is 2.44. The van der Waals surface area contributed by atoms with E-state index in [4.69, 9.17) is 15.2 Å². The minimum absolute atomic E-state index is 0.457. The van der Waals surface area contributed by atoms with Gasteiger partial charge in [-0.1, -0.05) is 0 Å². The third-order valence-corrected chi connectivity index (χ3v) is 3.57. The van der Waals surface area contributed by atoms with Crippen LogP contribution in [-0.2, 0) is 9.47 Å². The van der Waals surface area contributed by atoms with Gasteiger partial charge in [0.25, 0.3) is 0 Å². The fraction of sp³-hybridized carbons (Fsp3) is 0.923. The van der Waals surface area contributed by atoms with Gasteiger partial charge in [0.2, 0.25) is 0 Å². The normalized spacial score (nSPS) is 26.3. The van der Waals surface area contributed by atoms with E-state index in [1.807, 2.05) is 0 Å². The summed E-state index contributed by atoms with van der Waals surface area (Å²) in [5, 5.41) is 0. The van der Waals surface area contributed by atoms with Crippen molar-refractivity contribution in [2.75, 3.05) is 39.5 Å². The average Bonchev–Trinajstić information content (AvgIpc) is 2.45. The molecule has 2 aliphatic rings. The maximum absolute atomic E-state index is 5.96. The number of nitrogens with zero attached hydrogens (tertiary/aromatic N) is 2. The monoisotopic (exact) mass is 255 g/mol. The van der Waals surface area contributed by atoms with Crippen LogP contribution in [0.5, 0.6) is 0 Å². The molecule has 0 saturated carbocycles. The van der Waals surface area contributed by atoms with Crippen molar-refractivity contribution in [3.63, 3.8) is 0 Å².